The molecule has 1 N–H and O–H groups in total. The van der Waals surface area contributed by atoms with Gasteiger partial charge in [0.15, 0.2) is 11.9 Å². The second kappa shape index (κ2) is 7.98. The first-order chi connectivity index (χ1) is 11.8. The minimum Gasteiger partial charge on any atom is -0.497 e. The maximum Gasteiger partial charge on any atom is 0.265 e. The molecule has 2 rings (SSSR count). The maximum absolute atomic E-state index is 13.2. The Morgan fingerprint density at radius 2 is 1.92 bits per heavy atom. The van der Waals surface area contributed by atoms with Gasteiger partial charge in [0, 0.05) is 11.8 Å². The van der Waals surface area contributed by atoms with Crippen LogP contribution in [0.25, 0.3) is 0 Å². The second-order valence-corrected chi connectivity index (χ2v) is 5.70. The van der Waals surface area contributed by atoms with Crippen molar-refractivity contribution >= 4 is 29.0 Å². The lowest BCUT2D eigenvalue weighted by molar-refractivity contribution is -0.122. The summed E-state index contributed by atoms with van der Waals surface area (Å²) in [7, 11) is 1.49. The molecule has 0 aliphatic rings. The summed E-state index contributed by atoms with van der Waals surface area (Å²) in [5, 5.41) is 2.48. The Morgan fingerprint density at radius 3 is 2.52 bits per heavy atom. The summed E-state index contributed by atoms with van der Waals surface area (Å²) in [6.45, 7) is 2.93. The van der Waals surface area contributed by atoms with Crippen LogP contribution in [0.5, 0.6) is 11.5 Å². The fraction of sp³-hybridized carbons (Fsp3) is 0.222. The van der Waals surface area contributed by atoms with E-state index in [2.05, 4.69) is 5.32 Å². The van der Waals surface area contributed by atoms with Gasteiger partial charge in [-0.15, -0.1) is 0 Å². The molecule has 0 aromatic heterocycles. The zero-order chi connectivity index (χ0) is 18.6. The van der Waals surface area contributed by atoms with Crippen LogP contribution in [0.15, 0.2) is 36.4 Å². The van der Waals surface area contributed by atoms with Gasteiger partial charge in [0.05, 0.1) is 17.7 Å². The van der Waals surface area contributed by atoms with E-state index in [1.165, 1.54) is 39.2 Å². The summed E-state index contributed by atoms with van der Waals surface area (Å²) in [5.74, 6) is -0.508. The van der Waals surface area contributed by atoms with Crippen LogP contribution in [0.2, 0.25) is 5.02 Å². The Balaban J connectivity index is 2.15. The van der Waals surface area contributed by atoms with E-state index in [1.807, 2.05) is 0 Å². The predicted molar refractivity (Wildman–Crippen MR) is 93.1 cm³/mol. The van der Waals surface area contributed by atoms with Gasteiger partial charge in [-0.05, 0) is 44.2 Å². The topological polar surface area (TPSA) is 64.6 Å². The van der Waals surface area contributed by atoms with Crippen LogP contribution in [0.1, 0.15) is 24.2 Å². The molecule has 1 atom stereocenters. The number of anilines is 1. The molecular formula is C18H17ClFNO4. The molecule has 132 valence electrons. The third kappa shape index (κ3) is 4.70. The molecule has 0 saturated heterocycles. The smallest absolute Gasteiger partial charge is 0.265 e. The second-order valence-electron chi connectivity index (χ2n) is 5.30. The average Bonchev–Trinajstić information content (AvgIpc) is 2.57. The summed E-state index contributed by atoms with van der Waals surface area (Å²) in [4.78, 5) is 24.0. The number of rotatable bonds is 6. The summed E-state index contributed by atoms with van der Waals surface area (Å²) in [6.07, 6.45) is -0.908. The van der Waals surface area contributed by atoms with E-state index >= 15 is 0 Å². The van der Waals surface area contributed by atoms with E-state index in [1.54, 1.807) is 12.1 Å². The highest BCUT2D eigenvalue weighted by Gasteiger charge is 2.19. The molecule has 0 bridgehead atoms. The molecule has 0 radical (unpaired) electrons. The van der Waals surface area contributed by atoms with Crippen molar-refractivity contribution in [3.05, 3.63) is 52.8 Å². The Hall–Kier alpha value is -2.60. The number of methoxy groups -OCH3 is 1. The Kier molecular flexibility index (Phi) is 5.98. The van der Waals surface area contributed by atoms with Gasteiger partial charge >= 0.3 is 0 Å². The molecule has 7 heteroatoms. The highest BCUT2D eigenvalue weighted by molar-refractivity contribution is 6.31. The number of hydrogen-bond acceptors (Lipinski definition) is 4. The van der Waals surface area contributed by atoms with Gasteiger partial charge in [0.1, 0.15) is 17.3 Å². The number of hydrogen-bond donors (Lipinski definition) is 1. The molecule has 25 heavy (non-hydrogen) atoms. The normalized spacial score (nSPS) is 11.6. The Bertz CT molecular complexity index is 810. The first kappa shape index (κ1) is 18.7. The Labute approximate surface area is 149 Å². The monoisotopic (exact) mass is 365 g/mol. The SMILES string of the molecule is COc1ccc(C(C)=O)c(OC(C)C(=O)Nc2ccc(F)c(Cl)c2)c1. The summed E-state index contributed by atoms with van der Waals surface area (Å²) < 4.78 is 23.9. The molecule has 0 saturated carbocycles. The fourth-order valence-corrected chi connectivity index (χ4v) is 2.26. The molecular weight excluding hydrogens is 349 g/mol. The first-order valence-electron chi connectivity index (χ1n) is 7.43. The van der Waals surface area contributed by atoms with E-state index in [9.17, 15) is 14.0 Å². The van der Waals surface area contributed by atoms with Crippen molar-refractivity contribution in [2.75, 3.05) is 12.4 Å². The molecule has 0 aliphatic heterocycles. The predicted octanol–water partition coefficient (Wildman–Crippen LogP) is 4.10. The van der Waals surface area contributed by atoms with Gasteiger partial charge in [0.2, 0.25) is 0 Å². The van der Waals surface area contributed by atoms with Crippen molar-refractivity contribution in [3.63, 3.8) is 0 Å². The number of halogens is 2. The largest absolute Gasteiger partial charge is 0.497 e. The van der Waals surface area contributed by atoms with Crippen molar-refractivity contribution in [3.8, 4) is 11.5 Å². The van der Waals surface area contributed by atoms with E-state index < -0.39 is 17.8 Å². The number of Topliss-reactive ketones (excluding diaryl/α,β-unsaturated/α-hetero) is 1. The number of ether oxygens (including phenoxy) is 2. The first-order valence-corrected chi connectivity index (χ1v) is 7.81. The zero-order valence-corrected chi connectivity index (χ0v) is 14.7. The summed E-state index contributed by atoms with van der Waals surface area (Å²) in [5.41, 5.74) is 0.676. The van der Waals surface area contributed by atoms with E-state index in [4.69, 9.17) is 21.1 Å². The number of ketones is 1. The van der Waals surface area contributed by atoms with Crippen molar-refractivity contribution in [1.29, 1.82) is 0 Å². The van der Waals surface area contributed by atoms with Crippen LogP contribution >= 0.6 is 11.6 Å². The summed E-state index contributed by atoms with van der Waals surface area (Å²) >= 11 is 5.69. The van der Waals surface area contributed by atoms with E-state index in [0.29, 0.717) is 17.0 Å². The fourth-order valence-electron chi connectivity index (χ4n) is 2.08. The number of carbonyl (C=O) groups is 2. The highest BCUT2D eigenvalue weighted by atomic mass is 35.5. The number of carbonyl (C=O) groups excluding carboxylic acids is 2. The van der Waals surface area contributed by atoms with Crippen LogP contribution in [-0.2, 0) is 4.79 Å². The molecule has 2 aromatic carbocycles. The molecule has 0 heterocycles. The van der Waals surface area contributed by atoms with Gasteiger partial charge in [0.25, 0.3) is 5.91 Å². The lowest BCUT2D eigenvalue weighted by Gasteiger charge is -2.17. The van der Waals surface area contributed by atoms with E-state index in [0.717, 1.165) is 6.07 Å². The van der Waals surface area contributed by atoms with Gasteiger partial charge in [-0.2, -0.15) is 0 Å². The number of nitrogens with one attached hydrogen (secondary N) is 1. The lowest BCUT2D eigenvalue weighted by atomic mass is 10.1. The van der Waals surface area contributed by atoms with E-state index in [-0.39, 0.29) is 16.6 Å². The Morgan fingerprint density at radius 1 is 1.20 bits per heavy atom. The molecule has 1 amide bonds. The van der Waals surface area contributed by atoms with Gasteiger partial charge < -0.3 is 14.8 Å². The quantitative estimate of drug-likeness (QED) is 0.783. The van der Waals surface area contributed by atoms with Crippen molar-refractivity contribution < 1.29 is 23.5 Å². The molecule has 5 nitrogen and oxygen atoms in total. The van der Waals surface area contributed by atoms with Gasteiger partial charge in [-0.3, -0.25) is 9.59 Å². The van der Waals surface area contributed by atoms with Crippen LogP contribution in [0.4, 0.5) is 10.1 Å². The standard InChI is InChI=1S/C18H17ClFNO4/c1-10(22)14-6-5-13(24-3)9-17(14)25-11(2)18(23)21-12-4-7-16(20)15(19)8-12/h4-9,11H,1-3H3,(H,21,23). The van der Waals surface area contributed by atoms with Crippen LogP contribution < -0.4 is 14.8 Å². The van der Waals surface area contributed by atoms with Crippen LogP contribution in [-0.4, -0.2) is 24.9 Å². The molecule has 0 fully saturated rings. The third-order valence-corrected chi connectivity index (χ3v) is 3.72. The van der Waals surface area contributed by atoms with Gasteiger partial charge in [-0.25, -0.2) is 4.39 Å². The molecule has 0 aliphatic carbocycles. The average molecular weight is 366 g/mol. The van der Waals surface area contributed by atoms with Crippen LogP contribution in [0.3, 0.4) is 0 Å². The summed E-state index contributed by atoms with van der Waals surface area (Å²) in [6, 6.07) is 8.58. The van der Waals surface area contributed by atoms with Crippen LogP contribution in [0, 0.1) is 5.82 Å². The minimum absolute atomic E-state index is 0.0990. The third-order valence-electron chi connectivity index (χ3n) is 3.43. The molecule has 1 unspecified atom stereocenters. The molecule has 0 spiro atoms. The zero-order valence-electron chi connectivity index (χ0n) is 13.9. The minimum atomic E-state index is -0.908. The maximum atomic E-state index is 13.2. The van der Waals surface area contributed by atoms with Crippen molar-refractivity contribution in [1.82, 2.24) is 0 Å². The number of benzene rings is 2. The molecule has 2 aromatic rings. The lowest BCUT2D eigenvalue weighted by Crippen LogP contribution is -2.30. The van der Waals surface area contributed by atoms with Gasteiger partial charge in [-0.1, -0.05) is 11.6 Å². The van der Waals surface area contributed by atoms with Crippen molar-refractivity contribution in [2.45, 2.75) is 20.0 Å². The highest BCUT2D eigenvalue weighted by Crippen LogP contribution is 2.26. The van der Waals surface area contributed by atoms with Crippen molar-refractivity contribution in [2.24, 2.45) is 0 Å². The number of amides is 1.